The minimum Gasteiger partial charge on any atom is -0.456 e. The van der Waals surface area contributed by atoms with Gasteiger partial charge < -0.3 is 28.8 Å². The largest absolute Gasteiger partial charge is 0.456 e. The molecule has 0 radical (unpaired) electrons. The highest BCUT2D eigenvalue weighted by molar-refractivity contribution is 5.70. The summed E-state index contributed by atoms with van der Waals surface area (Å²) in [5.41, 5.74) is -0.581. The average Bonchev–Trinajstić information content (AvgIpc) is 3.34. The average molecular weight is 415 g/mol. The molecule has 7 nitrogen and oxygen atoms in total. The van der Waals surface area contributed by atoms with Crippen LogP contribution < -0.4 is 0 Å². The van der Waals surface area contributed by atoms with Crippen LogP contribution in [0.1, 0.15) is 66.2 Å². The molecule has 0 aromatic rings. The minimum atomic E-state index is -0.672. The molecular formula is C22H38O7. The molecule has 0 spiro atoms. The molecule has 2 saturated heterocycles. The van der Waals surface area contributed by atoms with E-state index < -0.39 is 11.6 Å². The number of hydrogen-bond donors (Lipinski definition) is 1. The molecule has 168 valence electrons. The van der Waals surface area contributed by atoms with Gasteiger partial charge in [-0.1, -0.05) is 13.3 Å². The second-order valence-corrected chi connectivity index (χ2v) is 9.74. The molecule has 3 rings (SSSR count). The molecule has 7 heteroatoms. The maximum Gasteiger partial charge on any atom is 0.332 e. The molecule has 1 N–H and O–H groups in total. The Bertz CT molecular complexity index is 538. The number of fused-ring (bicyclic) bond motifs is 1. The van der Waals surface area contributed by atoms with Gasteiger partial charge in [-0.3, -0.25) is 0 Å². The number of carbonyl (C=O) groups excluding carboxylic acids is 1. The molecule has 0 aromatic heterocycles. The summed E-state index contributed by atoms with van der Waals surface area (Å²) in [6.07, 6.45) is 5.34. The Balaban J connectivity index is 1.28. The van der Waals surface area contributed by atoms with Crippen molar-refractivity contribution in [1.29, 1.82) is 0 Å². The topological polar surface area (TPSA) is 86.8 Å². The lowest BCUT2D eigenvalue weighted by Gasteiger charge is -2.35. The standard InChI is InChI=1S/C22H38O7/c1-5-15(6-8-21(2,3)24)11-25-14-19(23)28-17-12-26-20(27-13-17)16-7-9-22(4)18(10-16)29-22/h15-18,20,24H,5-14H2,1-4H3. The third-order valence-electron chi connectivity index (χ3n) is 6.45. The number of carbonyl (C=O) groups is 1. The fraction of sp³-hybridized carbons (Fsp3) is 0.955. The molecule has 2 heterocycles. The van der Waals surface area contributed by atoms with E-state index in [1.165, 1.54) is 0 Å². The third kappa shape index (κ3) is 6.89. The van der Waals surface area contributed by atoms with E-state index in [0.717, 1.165) is 32.1 Å². The van der Waals surface area contributed by atoms with Crippen molar-refractivity contribution in [1.82, 2.24) is 0 Å². The second-order valence-electron chi connectivity index (χ2n) is 9.74. The first-order valence-corrected chi connectivity index (χ1v) is 11.1. The van der Waals surface area contributed by atoms with Crippen molar-refractivity contribution in [3.8, 4) is 0 Å². The van der Waals surface area contributed by atoms with Gasteiger partial charge in [0.15, 0.2) is 6.29 Å². The molecule has 0 aromatic carbocycles. The predicted molar refractivity (Wildman–Crippen MR) is 106 cm³/mol. The number of ether oxygens (including phenoxy) is 5. The summed E-state index contributed by atoms with van der Waals surface area (Å²) in [6, 6.07) is 0. The Hall–Kier alpha value is -0.730. The van der Waals surface area contributed by atoms with Gasteiger partial charge in [-0.15, -0.1) is 0 Å². The van der Waals surface area contributed by atoms with E-state index >= 15 is 0 Å². The number of epoxide rings is 1. The first-order chi connectivity index (χ1) is 13.7. The van der Waals surface area contributed by atoms with Crippen LogP contribution in [0.25, 0.3) is 0 Å². The van der Waals surface area contributed by atoms with E-state index in [1.54, 1.807) is 0 Å². The SMILES string of the molecule is CCC(CCC(C)(C)O)COCC(=O)OC1COC(C2CCC3(C)OC3C2)OC1. The van der Waals surface area contributed by atoms with Crippen LogP contribution in [0, 0.1) is 11.8 Å². The maximum atomic E-state index is 12.1. The lowest BCUT2D eigenvalue weighted by molar-refractivity contribution is -0.247. The van der Waals surface area contributed by atoms with Crippen LogP contribution in [0.15, 0.2) is 0 Å². The van der Waals surface area contributed by atoms with Gasteiger partial charge in [-0.25, -0.2) is 4.79 Å². The predicted octanol–water partition coefficient (Wildman–Crippen LogP) is 2.82. The van der Waals surface area contributed by atoms with Crippen LogP contribution in [0.5, 0.6) is 0 Å². The monoisotopic (exact) mass is 414 g/mol. The molecule has 29 heavy (non-hydrogen) atoms. The van der Waals surface area contributed by atoms with Crippen molar-refractivity contribution in [2.45, 2.75) is 95.9 Å². The number of esters is 1. The summed E-state index contributed by atoms with van der Waals surface area (Å²) in [5.74, 6) is 0.285. The normalized spacial score (nSPS) is 35.6. The zero-order chi connectivity index (χ0) is 21.1. The van der Waals surface area contributed by atoms with Crippen LogP contribution in [0.2, 0.25) is 0 Å². The van der Waals surface area contributed by atoms with Crippen molar-refractivity contribution in [2.24, 2.45) is 11.8 Å². The fourth-order valence-electron chi connectivity index (χ4n) is 4.25. The van der Waals surface area contributed by atoms with Gasteiger partial charge in [0, 0.05) is 5.92 Å². The van der Waals surface area contributed by atoms with E-state index in [4.69, 9.17) is 23.7 Å². The highest BCUT2D eigenvalue weighted by Crippen LogP contribution is 2.50. The molecule has 4 unspecified atom stereocenters. The Kier molecular flexibility index (Phi) is 7.60. The molecule has 0 bridgehead atoms. The number of rotatable bonds is 10. The Morgan fingerprint density at radius 3 is 2.66 bits per heavy atom. The van der Waals surface area contributed by atoms with Crippen LogP contribution in [-0.2, 0) is 28.5 Å². The number of hydrogen-bond acceptors (Lipinski definition) is 7. The second kappa shape index (κ2) is 9.60. The van der Waals surface area contributed by atoms with Gasteiger partial charge in [0.05, 0.1) is 37.1 Å². The van der Waals surface area contributed by atoms with Gasteiger partial charge in [0.2, 0.25) is 0 Å². The van der Waals surface area contributed by atoms with Crippen molar-refractivity contribution in [2.75, 3.05) is 26.4 Å². The van der Waals surface area contributed by atoms with E-state index in [0.29, 0.717) is 44.2 Å². The first-order valence-electron chi connectivity index (χ1n) is 11.1. The molecule has 2 aliphatic heterocycles. The summed E-state index contributed by atoms with van der Waals surface area (Å²) in [7, 11) is 0. The zero-order valence-electron chi connectivity index (χ0n) is 18.4. The van der Waals surface area contributed by atoms with Crippen molar-refractivity contribution in [3.63, 3.8) is 0 Å². The summed E-state index contributed by atoms with van der Waals surface area (Å²) < 4.78 is 28.4. The summed E-state index contributed by atoms with van der Waals surface area (Å²) >= 11 is 0. The summed E-state index contributed by atoms with van der Waals surface area (Å²) in [4.78, 5) is 12.1. The van der Waals surface area contributed by atoms with Crippen LogP contribution in [0.3, 0.4) is 0 Å². The van der Waals surface area contributed by atoms with E-state index in [9.17, 15) is 9.90 Å². The molecule has 1 aliphatic carbocycles. The van der Waals surface area contributed by atoms with E-state index in [1.807, 2.05) is 13.8 Å². The summed E-state index contributed by atoms with van der Waals surface area (Å²) in [6.45, 7) is 9.02. The quantitative estimate of drug-likeness (QED) is 0.434. The van der Waals surface area contributed by atoms with Gasteiger partial charge in [0.1, 0.15) is 12.7 Å². The zero-order valence-corrected chi connectivity index (χ0v) is 18.4. The van der Waals surface area contributed by atoms with E-state index in [2.05, 4.69) is 13.8 Å². The third-order valence-corrected chi connectivity index (χ3v) is 6.45. The fourth-order valence-corrected chi connectivity index (χ4v) is 4.25. The highest BCUT2D eigenvalue weighted by atomic mass is 16.7. The molecule has 3 aliphatic rings. The van der Waals surface area contributed by atoms with Gasteiger partial charge in [0.25, 0.3) is 0 Å². The molecule has 0 amide bonds. The van der Waals surface area contributed by atoms with Crippen molar-refractivity contribution >= 4 is 5.97 Å². The highest BCUT2D eigenvalue weighted by Gasteiger charge is 2.56. The minimum absolute atomic E-state index is 0.0703. The van der Waals surface area contributed by atoms with Crippen LogP contribution in [0.4, 0.5) is 0 Å². The van der Waals surface area contributed by atoms with Gasteiger partial charge >= 0.3 is 5.97 Å². The summed E-state index contributed by atoms with van der Waals surface area (Å²) in [5, 5.41) is 9.84. The molecule has 1 saturated carbocycles. The number of aliphatic hydroxyl groups is 1. The Morgan fingerprint density at radius 1 is 1.31 bits per heavy atom. The lowest BCUT2D eigenvalue weighted by atomic mass is 9.82. The van der Waals surface area contributed by atoms with E-state index in [-0.39, 0.29) is 24.6 Å². The van der Waals surface area contributed by atoms with Gasteiger partial charge in [-0.2, -0.15) is 0 Å². The molecule has 4 atom stereocenters. The lowest BCUT2D eigenvalue weighted by Crippen LogP contribution is -2.43. The smallest absolute Gasteiger partial charge is 0.332 e. The van der Waals surface area contributed by atoms with Crippen LogP contribution in [-0.4, -0.2) is 67.2 Å². The van der Waals surface area contributed by atoms with Crippen molar-refractivity contribution < 1.29 is 33.6 Å². The van der Waals surface area contributed by atoms with Crippen molar-refractivity contribution in [3.05, 3.63) is 0 Å². The molecule has 3 fully saturated rings. The Morgan fingerprint density at radius 2 is 2.03 bits per heavy atom. The van der Waals surface area contributed by atoms with Crippen LogP contribution >= 0.6 is 0 Å². The van der Waals surface area contributed by atoms with Gasteiger partial charge in [-0.05, 0) is 58.8 Å². The maximum absolute atomic E-state index is 12.1. The molecular weight excluding hydrogens is 376 g/mol. The first kappa shape index (κ1) is 22.9. The Labute approximate surface area is 174 Å².